The van der Waals surface area contributed by atoms with Crippen LogP contribution in [0.15, 0.2) is 18.2 Å². The molecule has 0 radical (unpaired) electrons. The van der Waals surface area contributed by atoms with Crippen molar-refractivity contribution in [3.63, 3.8) is 0 Å². The van der Waals surface area contributed by atoms with E-state index in [1.165, 1.54) is 0 Å². The maximum Gasteiger partial charge on any atom is 0.222 e. The van der Waals surface area contributed by atoms with Crippen LogP contribution in [0.3, 0.4) is 0 Å². The number of hydrogen-bond donors (Lipinski definition) is 1. The van der Waals surface area contributed by atoms with Crippen molar-refractivity contribution in [2.45, 2.75) is 19.4 Å². The molecule has 1 heterocycles. The molecule has 0 aliphatic carbocycles. The van der Waals surface area contributed by atoms with Crippen molar-refractivity contribution < 1.29 is 14.3 Å². The lowest BCUT2D eigenvalue weighted by Crippen LogP contribution is -2.28. The molecule has 0 saturated carbocycles. The average molecular weight is 292 g/mol. The molecule has 1 unspecified atom stereocenters. The molecule has 2 rings (SSSR count). The van der Waals surface area contributed by atoms with Crippen LogP contribution in [0.4, 0.5) is 0 Å². The Morgan fingerprint density at radius 3 is 2.81 bits per heavy atom. The Hall–Kier alpha value is -1.75. The molecule has 1 atom stereocenters. The molecule has 0 bridgehead atoms. The second kappa shape index (κ2) is 7.31. The van der Waals surface area contributed by atoms with Crippen molar-refractivity contribution >= 4 is 5.91 Å². The molecule has 1 fully saturated rings. The monoisotopic (exact) mass is 292 g/mol. The van der Waals surface area contributed by atoms with Crippen molar-refractivity contribution in [2.24, 2.45) is 5.92 Å². The second-order valence-electron chi connectivity index (χ2n) is 5.47. The van der Waals surface area contributed by atoms with Crippen molar-refractivity contribution in [1.29, 1.82) is 0 Å². The van der Waals surface area contributed by atoms with Gasteiger partial charge in [0.25, 0.3) is 0 Å². The highest BCUT2D eigenvalue weighted by Crippen LogP contribution is 2.31. The molecule has 1 amide bonds. The summed E-state index contributed by atoms with van der Waals surface area (Å²) in [7, 11) is 5.07. The Balaban J connectivity index is 2.01. The van der Waals surface area contributed by atoms with E-state index in [-0.39, 0.29) is 5.91 Å². The van der Waals surface area contributed by atoms with Crippen molar-refractivity contribution in [3.05, 3.63) is 23.8 Å². The molecular weight excluding hydrogens is 268 g/mol. The van der Waals surface area contributed by atoms with Gasteiger partial charge in [0.1, 0.15) is 0 Å². The maximum atomic E-state index is 12.3. The van der Waals surface area contributed by atoms with Crippen LogP contribution in [-0.2, 0) is 11.3 Å². The Kier molecular flexibility index (Phi) is 5.44. The van der Waals surface area contributed by atoms with Gasteiger partial charge in [-0.1, -0.05) is 12.1 Å². The molecule has 1 aromatic rings. The van der Waals surface area contributed by atoms with Gasteiger partial charge in [-0.3, -0.25) is 4.79 Å². The number of ether oxygens (including phenoxy) is 2. The molecule has 1 N–H and O–H groups in total. The van der Waals surface area contributed by atoms with Crippen LogP contribution in [0.1, 0.15) is 18.4 Å². The van der Waals surface area contributed by atoms with Crippen LogP contribution >= 0.6 is 0 Å². The molecule has 1 aliphatic rings. The van der Waals surface area contributed by atoms with E-state index in [0.717, 1.165) is 25.1 Å². The Bertz CT molecular complexity index is 484. The minimum absolute atomic E-state index is 0.175. The van der Waals surface area contributed by atoms with Gasteiger partial charge in [-0.2, -0.15) is 0 Å². The highest BCUT2D eigenvalue weighted by atomic mass is 16.5. The lowest BCUT2D eigenvalue weighted by Gasteiger charge is -2.21. The third-order valence-electron chi connectivity index (χ3n) is 3.94. The molecule has 0 aromatic heterocycles. The van der Waals surface area contributed by atoms with E-state index in [1.807, 2.05) is 25.2 Å². The third kappa shape index (κ3) is 3.88. The topological polar surface area (TPSA) is 50.8 Å². The first-order valence-corrected chi connectivity index (χ1v) is 7.30. The minimum Gasteiger partial charge on any atom is -0.493 e. The SMILES string of the molecule is COc1cccc(CN(C)C(=O)CC2CCNC2)c1OC. The highest BCUT2D eigenvalue weighted by Gasteiger charge is 2.21. The van der Waals surface area contributed by atoms with Crippen molar-refractivity contribution in [3.8, 4) is 11.5 Å². The smallest absolute Gasteiger partial charge is 0.222 e. The summed E-state index contributed by atoms with van der Waals surface area (Å²) in [5.74, 6) is 2.03. The largest absolute Gasteiger partial charge is 0.493 e. The second-order valence-corrected chi connectivity index (χ2v) is 5.47. The van der Waals surface area contributed by atoms with Gasteiger partial charge >= 0.3 is 0 Å². The highest BCUT2D eigenvalue weighted by molar-refractivity contribution is 5.76. The molecular formula is C16H24N2O3. The van der Waals surface area contributed by atoms with Gasteiger partial charge in [0, 0.05) is 25.6 Å². The molecule has 21 heavy (non-hydrogen) atoms. The Morgan fingerprint density at radius 2 is 2.19 bits per heavy atom. The van der Waals surface area contributed by atoms with Crippen molar-refractivity contribution in [2.75, 3.05) is 34.4 Å². The number of hydrogen-bond acceptors (Lipinski definition) is 4. The minimum atomic E-state index is 0.175. The van der Waals surface area contributed by atoms with Crippen LogP contribution < -0.4 is 14.8 Å². The van der Waals surface area contributed by atoms with E-state index in [1.54, 1.807) is 19.1 Å². The average Bonchev–Trinajstić information content (AvgIpc) is 2.99. The number of carbonyl (C=O) groups excluding carboxylic acids is 1. The first-order valence-electron chi connectivity index (χ1n) is 7.30. The quantitative estimate of drug-likeness (QED) is 0.866. The van der Waals surface area contributed by atoms with E-state index < -0.39 is 0 Å². The number of nitrogens with zero attached hydrogens (tertiary/aromatic N) is 1. The van der Waals surface area contributed by atoms with Gasteiger partial charge in [-0.15, -0.1) is 0 Å². The number of carbonyl (C=O) groups is 1. The summed E-state index contributed by atoms with van der Waals surface area (Å²) in [6.45, 7) is 2.49. The zero-order valence-corrected chi connectivity index (χ0v) is 13.0. The number of nitrogens with one attached hydrogen (secondary N) is 1. The fraction of sp³-hybridized carbons (Fsp3) is 0.562. The predicted molar refractivity (Wildman–Crippen MR) is 81.6 cm³/mol. The lowest BCUT2D eigenvalue weighted by molar-refractivity contribution is -0.131. The zero-order valence-electron chi connectivity index (χ0n) is 13.0. The van der Waals surface area contributed by atoms with Crippen LogP contribution in [0.5, 0.6) is 11.5 Å². The molecule has 1 aromatic carbocycles. The summed E-state index contributed by atoms with van der Waals surface area (Å²) in [6, 6.07) is 5.73. The van der Waals surface area contributed by atoms with Gasteiger partial charge < -0.3 is 19.7 Å². The van der Waals surface area contributed by atoms with Crippen LogP contribution in [-0.4, -0.2) is 45.2 Å². The zero-order chi connectivity index (χ0) is 15.2. The number of para-hydroxylation sites is 1. The fourth-order valence-corrected chi connectivity index (χ4v) is 2.71. The molecule has 116 valence electrons. The Labute approximate surface area is 126 Å². The molecule has 5 heteroatoms. The van der Waals surface area contributed by atoms with E-state index >= 15 is 0 Å². The predicted octanol–water partition coefficient (Wildman–Crippen LogP) is 1.66. The number of benzene rings is 1. The van der Waals surface area contributed by atoms with Gasteiger partial charge in [0.15, 0.2) is 11.5 Å². The maximum absolute atomic E-state index is 12.3. The number of rotatable bonds is 6. The summed E-state index contributed by atoms with van der Waals surface area (Å²) in [4.78, 5) is 14.0. The molecule has 0 spiro atoms. The van der Waals surface area contributed by atoms with Crippen LogP contribution in [0, 0.1) is 5.92 Å². The lowest BCUT2D eigenvalue weighted by atomic mass is 10.0. The molecule has 1 saturated heterocycles. The molecule has 1 aliphatic heterocycles. The third-order valence-corrected chi connectivity index (χ3v) is 3.94. The van der Waals surface area contributed by atoms with Crippen molar-refractivity contribution in [1.82, 2.24) is 10.2 Å². The molecule has 5 nitrogen and oxygen atoms in total. The first kappa shape index (κ1) is 15.6. The van der Waals surface area contributed by atoms with Gasteiger partial charge in [0.05, 0.1) is 14.2 Å². The van der Waals surface area contributed by atoms with E-state index in [4.69, 9.17) is 9.47 Å². The summed E-state index contributed by atoms with van der Waals surface area (Å²) in [6.07, 6.45) is 1.69. The normalized spacial score (nSPS) is 17.6. The Morgan fingerprint density at radius 1 is 1.38 bits per heavy atom. The van der Waals surface area contributed by atoms with Crippen LogP contribution in [0.25, 0.3) is 0 Å². The summed E-state index contributed by atoms with van der Waals surface area (Å²) in [5.41, 5.74) is 0.956. The van der Waals surface area contributed by atoms with E-state index in [9.17, 15) is 4.79 Å². The number of methoxy groups -OCH3 is 2. The van der Waals surface area contributed by atoms with Crippen LogP contribution in [0.2, 0.25) is 0 Å². The summed E-state index contributed by atoms with van der Waals surface area (Å²) >= 11 is 0. The standard InChI is InChI=1S/C16H24N2O3/c1-18(15(19)9-12-7-8-17-10-12)11-13-5-4-6-14(20-2)16(13)21-3/h4-6,12,17H,7-11H2,1-3H3. The van der Waals surface area contributed by atoms with Gasteiger partial charge in [-0.05, 0) is 31.5 Å². The fourth-order valence-electron chi connectivity index (χ4n) is 2.71. The first-order chi connectivity index (χ1) is 10.2. The van der Waals surface area contributed by atoms with E-state index in [2.05, 4.69) is 5.32 Å². The summed E-state index contributed by atoms with van der Waals surface area (Å²) in [5, 5.41) is 3.29. The van der Waals surface area contributed by atoms with E-state index in [0.29, 0.717) is 30.4 Å². The summed E-state index contributed by atoms with van der Waals surface area (Å²) < 4.78 is 10.7. The van der Waals surface area contributed by atoms with Gasteiger partial charge in [0.2, 0.25) is 5.91 Å². The van der Waals surface area contributed by atoms with Gasteiger partial charge in [-0.25, -0.2) is 0 Å². The number of amides is 1.